The van der Waals surface area contributed by atoms with Gasteiger partial charge in [-0.1, -0.05) is 170 Å². The van der Waals surface area contributed by atoms with Crippen molar-refractivity contribution in [2.45, 2.75) is 0 Å². The highest BCUT2D eigenvalue weighted by atomic mass is 16.3. The van der Waals surface area contributed by atoms with Gasteiger partial charge >= 0.3 is 0 Å². The average Bonchev–Trinajstić information content (AvgIpc) is 2.61. The molecule has 0 aliphatic heterocycles. The van der Waals surface area contributed by atoms with Crippen molar-refractivity contribution in [2.75, 3.05) is 9.80 Å². The molecule has 6 heteroatoms. The van der Waals surface area contributed by atoms with Crippen molar-refractivity contribution in [1.82, 2.24) is 9.13 Å². The van der Waals surface area contributed by atoms with E-state index in [1.54, 1.807) is 0 Å². The topological polar surface area (TPSA) is 42.6 Å². The van der Waals surface area contributed by atoms with Crippen LogP contribution in [-0.2, 0) is 0 Å². The maximum absolute atomic E-state index is 6.21. The molecule has 18 rings (SSSR count). The zero-order valence-corrected chi connectivity index (χ0v) is 48.8. The molecule has 0 aliphatic rings. The van der Waals surface area contributed by atoms with Gasteiger partial charge in [0.05, 0.1) is 22.1 Å². The Labute approximate surface area is 518 Å². The summed E-state index contributed by atoms with van der Waals surface area (Å²) in [6.45, 7) is 0. The molecule has 0 aliphatic carbocycles. The monoisotopic (exact) mass is 1150 g/mol. The summed E-state index contributed by atoms with van der Waals surface area (Å²) in [6, 6.07) is 118. The number of aromatic nitrogens is 2. The summed E-state index contributed by atoms with van der Waals surface area (Å²) in [6.07, 6.45) is 0. The fourth-order valence-corrected chi connectivity index (χ4v) is 13.8. The summed E-state index contributed by atoms with van der Waals surface area (Å²) in [5.41, 5.74) is 23.7. The van der Waals surface area contributed by atoms with Crippen molar-refractivity contribution in [2.24, 2.45) is 0 Å². The van der Waals surface area contributed by atoms with Gasteiger partial charge < -0.3 is 27.8 Å². The van der Waals surface area contributed by atoms with E-state index in [4.69, 9.17) is 8.83 Å². The van der Waals surface area contributed by atoms with Crippen LogP contribution in [0, 0.1) is 0 Å². The third-order valence-electron chi connectivity index (χ3n) is 18.1. The molecule has 0 spiro atoms. The van der Waals surface area contributed by atoms with Gasteiger partial charge in [0.15, 0.2) is 0 Å². The molecule has 0 N–H and O–H groups in total. The minimum atomic E-state index is 0.891. The minimum absolute atomic E-state index is 0.891. The molecule has 0 saturated heterocycles. The summed E-state index contributed by atoms with van der Waals surface area (Å²) < 4.78 is 17.2. The Morgan fingerprint density at radius 2 is 0.478 bits per heavy atom. The van der Waals surface area contributed by atoms with E-state index < -0.39 is 0 Å². The number of hydrogen-bond acceptors (Lipinski definition) is 4. The van der Waals surface area contributed by atoms with Gasteiger partial charge in [0.2, 0.25) is 0 Å². The normalized spacial score (nSPS) is 11.8. The van der Waals surface area contributed by atoms with Crippen LogP contribution in [0.2, 0.25) is 0 Å². The molecule has 0 saturated carbocycles. The van der Waals surface area contributed by atoms with E-state index in [1.165, 1.54) is 32.6 Å². The van der Waals surface area contributed by atoms with Crippen LogP contribution in [0.3, 0.4) is 0 Å². The Morgan fingerprint density at radius 3 is 0.867 bits per heavy atom. The first-order valence-electron chi connectivity index (χ1n) is 30.6. The summed E-state index contributed by atoms with van der Waals surface area (Å²) in [5.74, 6) is 0. The first-order valence-corrected chi connectivity index (χ1v) is 30.6. The molecule has 6 nitrogen and oxygen atoms in total. The molecule has 0 fully saturated rings. The lowest BCUT2D eigenvalue weighted by Gasteiger charge is -2.27. The van der Waals surface area contributed by atoms with Gasteiger partial charge in [-0.05, 0) is 191 Å². The Balaban J connectivity index is 0.721. The Kier molecular flexibility index (Phi) is 11.8. The van der Waals surface area contributed by atoms with Crippen LogP contribution < -0.4 is 9.80 Å². The number of nitrogens with zero attached hydrogens (tertiary/aromatic N) is 4. The Hall–Kier alpha value is -12.1. The molecule has 422 valence electrons. The van der Waals surface area contributed by atoms with Gasteiger partial charge in [-0.2, -0.15) is 0 Å². The lowest BCUT2D eigenvalue weighted by atomic mass is 10.0. The number of para-hydroxylation sites is 6. The Morgan fingerprint density at radius 1 is 0.189 bits per heavy atom. The summed E-state index contributed by atoms with van der Waals surface area (Å²) in [7, 11) is 0. The lowest BCUT2D eigenvalue weighted by molar-refractivity contribution is 0.668. The second-order valence-electron chi connectivity index (χ2n) is 23.3. The summed E-state index contributed by atoms with van der Waals surface area (Å²) >= 11 is 0. The van der Waals surface area contributed by atoms with E-state index in [0.717, 1.165) is 134 Å². The predicted octanol–water partition coefficient (Wildman–Crippen LogP) is 23.6. The van der Waals surface area contributed by atoms with E-state index in [0.29, 0.717) is 0 Å². The number of benzene rings is 14. The number of fused-ring (bicyclic) bond motifs is 12. The van der Waals surface area contributed by atoms with E-state index in [2.05, 4.69) is 322 Å². The number of rotatable bonds is 11. The molecule has 0 unspecified atom stereocenters. The Bertz CT molecular complexity index is 5400. The molecule has 18 aromatic rings. The fraction of sp³-hybridized carbons (Fsp3) is 0. The van der Waals surface area contributed by atoms with E-state index in [1.807, 2.05) is 24.3 Å². The second kappa shape index (κ2) is 20.8. The van der Waals surface area contributed by atoms with Crippen molar-refractivity contribution in [1.29, 1.82) is 0 Å². The molecule has 90 heavy (non-hydrogen) atoms. The third kappa shape index (κ3) is 8.49. The average molecular weight is 1150 g/mol. The summed E-state index contributed by atoms with van der Waals surface area (Å²) in [5, 5.41) is 9.27. The zero-order valence-electron chi connectivity index (χ0n) is 48.8. The molecule has 14 aromatic carbocycles. The van der Waals surface area contributed by atoms with Crippen molar-refractivity contribution in [3.63, 3.8) is 0 Å². The van der Waals surface area contributed by atoms with Gasteiger partial charge in [0.25, 0.3) is 0 Å². The number of anilines is 6. The largest absolute Gasteiger partial charge is 0.456 e. The van der Waals surface area contributed by atoms with Crippen molar-refractivity contribution >= 4 is 122 Å². The fourth-order valence-electron chi connectivity index (χ4n) is 13.8. The zero-order chi connectivity index (χ0) is 59.2. The molecule has 4 heterocycles. The molecule has 0 radical (unpaired) electrons. The molecule has 0 bridgehead atoms. The van der Waals surface area contributed by atoms with E-state index in [9.17, 15) is 0 Å². The van der Waals surface area contributed by atoms with Gasteiger partial charge in [0.1, 0.15) is 22.3 Å². The maximum atomic E-state index is 6.21. The molecule has 4 aromatic heterocycles. The minimum Gasteiger partial charge on any atom is -0.456 e. The van der Waals surface area contributed by atoms with Crippen molar-refractivity contribution in [3.05, 3.63) is 328 Å². The lowest BCUT2D eigenvalue weighted by Crippen LogP contribution is -2.10. The van der Waals surface area contributed by atoms with E-state index in [-0.39, 0.29) is 0 Å². The quantitative estimate of drug-likeness (QED) is 0.129. The SMILES string of the molecule is c1ccc(-n2c3ccccc3c3cc(N(c4ccc(-c5ccc(N(c6ccc(-c7ccc8oc9ccccc9c8c7)cc6)c6ccc7c(c6)c6ccccc6n7-c6ccccc6)cc5)cc4)c4ccc(-c5ccc6oc7ccccc7c6c5)cc4)ccc32)cc1. The highest BCUT2D eigenvalue weighted by Crippen LogP contribution is 2.45. The summed E-state index contributed by atoms with van der Waals surface area (Å²) in [4.78, 5) is 4.76. The third-order valence-corrected chi connectivity index (χ3v) is 18.1. The molecule has 0 amide bonds. The van der Waals surface area contributed by atoms with Gasteiger partial charge in [0, 0.05) is 88.6 Å². The number of furan rings is 2. The van der Waals surface area contributed by atoms with Crippen LogP contribution in [0.1, 0.15) is 0 Å². The van der Waals surface area contributed by atoms with Crippen LogP contribution >= 0.6 is 0 Å². The van der Waals surface area contributed by atoms with Gasteiger partial charge in [-0.25, -0.2) is 0 Å². The molecular formula is C84H54N4O2. The molecular weight excluding hydrogens is 1100 g/mol. The first-order chi connectivity index (χ1) is 44.6. The highest BCUT2D eigenvalue weighted by molar-refractivity contribution is 6.13. The van der Waals surface area contributed by atoms with Gasteiger partial charge in [-0.15, -0.1) is 0 Å². The van der Waals surface area contributed by atoms with Crippen LogP contribution in [0.5, 0.6) is 0 Å². The van der Waals surface area contributed by atoms with Crippen molar-refractivity contribution < 1.29 is 8.83 Å². The van der Waals surface area contributed by atoms with Gasteiger partial charge in [-0.3, -0.25) is 0 Å². The van der Waals surface area contributed by atoms with Crippen LogP contribution in [0.25, 0.3) is 132 Å². The van der Waals surface area contributed by atoms with Crippen LogP contribution in [0.4, 0.5) is 34.1 Å². The van der Waals surface area contributed by atoms with Crippen LogP contribution in [-0.4, -0.2) is 9.13 Å². The number of hydrogen-bond donors (Lipinski definition) is 0. The second-order valence-corrected chi connectivity index (χ2v) is 23.3. The smallest absolute Gasteiger partial charge is 0.135 e. The first kappa shape index (κ1) is 51.1. The maximum Gasteiger partial charge on any atom is 0.135 e. The van der Waals surface area contributed by atoms with Crippen LogP contribution in [0.15, 0.2) is 336 Å². The predicted molar refractivity (Wildman–Crippen MR) is 375 cm³/mol. The highest BCUT2D eigenvalue weighted by Gasteiger charge is 2.21. The molecule has 0 atom stereocenters. The van der Waals surface area contributed by atoms with E-state index >= 15 is 0 Å². The van der Waals surface area contributed by atoms with Crippen molar-refractivity contribution in [3.8, 4) is 44.8 Å². The standard InChI is InChI=1S/C84H54N4O2/c1-3-15-61(16-4-1)87-77-23-11-7-19-69(77)73-53-67(45-47-79(73)87)85(65-41-31-57(32-42-65)59-35-49-83-75(51-59)71-21-9-13-25-81(71)89-83)63-37-27-55(28-38-63)56-29-39-64(40-30-56)86(66-43-33-58(34-44-66)60-36-50-84-76(52-60)72-22-10-14-26-82(72)90-84)68-46-48-80-74(54-68)70-20-8-12-24-78(70)88(80)62-17-5-2-6-18-62/h1-54H.